The van der Waals surface area contributed by atoms with E-state index in [1.807, 2.05) is 0 Å². The van der Waals surface area contributed by atoms with E-state index >= 15 is 0 Å². The van der Waals surface area contributed by atoms with Crippen LogP contribution in [0, 0.1) is 29.1 Å². The largest absolute Gasteiger partial charge is 0.481 e. The molecule has 130 valence electrons. The third kappa shape index (κ3) is 6.71. The minimum atomic E-state index is -0.658. The molecule has 22 heavy (non-hydrogen) atoms. The van der Waals surface area contributed by atoms with Gasteiger partial charge in [0.1, 0.15) is 0 Å². The van der Waals surface area contributed by atoms with E-state index in [2.05, 4.69) is 34.6 Å². The zero-order valence-electron chi connectivity index (χ0n) is 15.5. The second kappa shape index (κ2) is 8.93. The van der Waals surface area contributed by atoms with E-state index in [1.165, 1.54) is 44.9 Å². The Bertz CT molecular complexity index is 335. The highest BCUT2D eigenvalue weighted by Crippen LogP contribution is 2.46. The van der Waals surface area contributed by atoms with Gasteiger partial charge in [-0.3, -0.25) is 4.79 Å². The fourth-order valence-corrected chi connectivity index (χ4v) is 4.54. The first-order valence-electron chi connectivity index (χ1n) is 9.44. The maximum absolute atomic E-state index is 10.7. The van der Waals surface area contributed by atoms with Crippen molar-refractivity contribution in [1.29, 1.82) is 0 Å². The zero-order valence-corrected chi connectivity index (χ0v) is 15.5. The third-order valence-corrected chi connectivity index (χ3v) is 6.06. The highest BCUT2D eigenvalue weighted by atomic mass is 16.4. The van der Waals surface area contributed by atoms with Crippen molar-refractivity contribution in [3.05, 3.63) is 0 Å². The summed E-state index contributed by atoms with van der Waals surface area (Å²) in [4.78, 5) is 10.7. The summed E-state index contributed by atoms with van der Waals surface area (Å²) >= 11 is 0. The number of carbonyl (C=O) groups is 1. The molecule has 0 aromatic rings. The van der Waals surface area contributed by atoms with Gasteiger partial charge in [0.25, 0.3) is 0 Å². The van der Waals surface area contributed by atoms with Gasteiger partial charge >= 0.3 is 5.97 Å². The zero-order chi connectivity index (χ0) is 16.8. The number of aliphatic carboxylic acids is 1. The van der Waals surface area contributed by atoms with Crippen LogP contribution in [0.3, 0.4) is 0 Å². The van der Waals surface area contributed by atoms with Crippen LogP contribution in [0.4, 0.5) is 0 Å². The van der Waals surface area contributed by atoms with Gasteiger partial charge in [0, 0.05) is 6.42 Å². The van der Waals surface area contributed by atoms with Crippen molar-refractivity contribution in [2.45, 2.75) is 92.4 Å². The molecule has 1 aliphatic carbocycles. The van der Waals surface area contributed by atoms with E-state index in [0.29, 0.717) is 17.8 Å². The Kier molecular flexibility index (Phi) is 7.93. The van der Waals surface area contributed by atoms with Gasteiger partial charge < -0.3 is 5.11 Å². The molecular weight excluding hydrogens is 272 g/mol. The molecule has 0 aromatic heterocycles. The standard InChI is InChI=1S/C20H38O2/c1-15(8-6-9-16(2)14-19(21)22)11-12-18-17(3)10-7-13-20(18,4)5/h15-18H,6-14H2,1-5H3,(H,21,22)/t15?,16?,17?,18-/m0/s1. The van der Waals surface area contributed by atoms with Crippen LogP contribution in [0.1, 0.15) is 92.4 Å². The molecule has 2 heteroatoms. The molecule has 1 fully saturated rings. The van der Waals surface area contributed by atoms with Crippen molar-refractivity contribution in [3.8, 4) is 0 Å². The summed E-state index contributed by atoms with van der Waals surface area (Å²) in [6.07, 6.45) is 10.7. The van der Waals surface area contributed by atoms with Crippen LogP contribution in [0.2, 0.25) is 0 Å². The Balaban J connectivity index is 2.24. The van der Waals surface area contributed by atoms with Crippen LogP contribution in [0.15, 0.2) is 0 Å². The molecule has 1 saturated carbocycles. The van der Waals surface area contributed by atoms with Crippen LogP contribution in [0.5, 0.6) is 0 Å². The molecule has 0 radical (unpaired) electrons. The summed E-state index contributed by atoms with van der Waals surface area (Å²) in [5, 5.41) is 8.79. The number of rotatable bonds is 9. The first kappa shape index (κ1) is 19.5. The van der Waals surface area contributed by atoms with Crippen LogP contribution >= 0.6 is 0 Å². The van der Waals surface area contributed by atoms with Crippen molar-refractivity contribution in [3.63, 3.8) is 0 Å². The van der Waals surface area contributed by atoms with Crippen LogP contribution in [0.25, 0.3) is 0 Å². The predicted octanol–water partition coefficient (Wildman–Crippen LogP) is 6.15. The van der Waals surface area contributed by atoms with Gasteiger partial charge in [-0.2, -0.15) is 0 Å². The van der Waals surface area contributed by atoms with Crippen molar-refractivity contribution in [2.24, 2.45) is 29.1 Å². The second-order valence-electron chi connectivity index (χ2n) is 8.78. The average molecular weight is 311 g/mol. The van der Waals surface area contributed by atoms with E-state index in [4.69, 9.17) is 5.11 Å². The highest BCUT2D eigenvalue weighted by Gasteiger charge is 2.36. The molecule has 0 bridgehead atoms. The average Bonchev–Trinajstić information content (AvgIpc) is 2.36. The summed E-state index contributed by atoms with van der Waals surface area (Å²) < 4.78 is 0. The number of hydrogen-bond donors (Lipinski definition) is 1. The smallest absolute Gasteiger partial charge is 0.303 e. The van der Waals surface area contributed by atoms with E-state index in [1.54, 1.807) is 0 Å². The molecule has 1 N–H and O–H groups in total. The van der Waals surface area contributed by atoms with E-state index in [-0.39, 0.29) is 0 Å². The van der Waals surface area contributed by atoms with Gasteiger partial charge in [0.2, 0.25) is 0 Å². The van der Waals surface area contributed by atoms with Gasteiger partial charge in [-0.15, -0.1) is 0 Å². The molecule has 1 rings (SSSR count). The Morgan fingerprint density at radius 1 is 1.18 bits per heavy atom. The Morgan fingerprint density at radius 3 is 2.41 bits per heavy atom. The van der Waals surface area contributed by atoms with Crippen molar-refractivity contribution < 1.29 is 9.90 Å². The number of carboxylic acids is 1. The summed E-state index contributed by atoms with van der Waals surface area (Å²) in [5.41, 5.74) is 0.521. The molecule has 2 nitrogen and oxygen atoms in total. The Labute approximate surface area is 138 Å². The molecule has 1 aliphatic rings. The van der Waals surface area contributed by atoms with Gasteiger partial charge in [0.05, 0.1) is 0 Å². The summed E-state index contributed by atoms with van der Waals surface area (Å²) in [6.45, 7) is 11.8. The third-order valence-electron chi connectivity index (χ3n) is 6.06. The van der Waals surface area contributed by atoms with E-state index in [0.717, 1.165) is 24.2 Å². The van der Waals surface area contributed by atoms with Gasteiger partial charge in [-0.1, -0.05) is 73.1 Å². The van der Waals surface area contributed by atoms with E-state index < -0.39 is 5.97 Å². The van der Waals surface area contributed by atoms with Crippen molar-refractivity contribution >= 4 is 5.97 Å². The Hall–Kier alpha value is -0.530. The monoisotopic (exact) mass is 310 g/mol. The number of hydrogen-bond acceptors (Lipinski definition) is 1. The molecule has 0 aromatic carbocycles. The minimum Gasteiger partial charge on any atom is -0.481 e. The lowest BCUT2D eigenvalue weighted by atomic mass is 9.62. The molecule has 0 spiro atoms. The SMILES string of the molecule is CC(CCCC(C)CC(=O)O)CC[C@H]1C(C)CCCC1(C)C. The molecule has 0 saturated heterocycles. The second-order valence-corrected chi connectivity index (χ2v) is 8.78. The first-order chi connectivity index (χ1) is 10.2. The maximum atomic E-state index is 10.7. The van der Waals surface area contributed by atoms with Gasteiger partial charge in [-0.05, 0) is 41.9 Å². The van der Waals surface area contributed by atoms with Gasteiger partial charge in [-0.25, -0.2) is 0 Å². The Morgan fingerprint density at radius 2 is 1.82 bits per heavy atom. The maximum Gasteiger partial charge on any atom is 0.303 e. The normalized spacial score (nSPS) is 27.3. The summed E-state index contributed by atoms with van der Waals surface area (Å²) in [7, 11) is 0. The fraction of sp³-hybridized carbons (Fsp3) is 0.950. The molecule has 3 unspecified atom stereocenters. The van der Waals surface area contributed by atoms with Crippen LogP contribution < -0.4 is 0 Å². The minimum absolute atomic E-state index is 0.321. The highest BCUT2D eigenvalue weighted by molar-refractivity contribution is 5.66. The summed E-state index contributed by atoms with van der Waals surface area (Å²) in [6, 6.07) is 0. The quantitative estimate of drug-likeness (QED) is 0.555. The first-order valence-corrected chi connectivity index (χ1v) is 9.44. The fourth-order valence-electron chi connectivity index (χ4n) is 4.54. The van der Waals surface area contributed by atoms with E-state index in [9.17, 15) is 4.79 Å². The molecular formula is C20H38O2. The van der Waals surface area contributed by atoms with Crippen LogP contribution in [-0.4, -0.2) is 11.1 Å². The van der Waals surface area contributed by atoms with Crippen molar-refractivity contribution in [1.82, 2.24) is 0 Å². The lowest BCUT2D eigenvalue weighted by Gasteiger charge is -2.43. The van der Waals surface area contributed by atoms with Crippen LogP contribution in [-0.2, 0) is 4.79 Å². The summed E-state index contributed by atoms with van der Waals surface area (Å²) in [5.74, 6) is 2.21. The molecule has 0 amide bonds. The molecule has 0 heterocycles. The number of carboxylic acid groups (broad SMARTS) is 1. The van der Waals surface area contributed by atoms with Gasteiger partial charge in [0.15, 0.2) is 0 Å². The topological polar surface area (TPSA) is 37.3 Å². The molecule has 0 aliphatic heterocycles. The lowest BCUT2D eigenvalue weighted by Crippen LogP contribution is -2.33. The molecule has 4 atom stereocenters. The predicted molar refractivity (Wildman–Crippen MR) is 94.0 cm³/mol. The lowest BCUT2D eigenvalue weighted by molar-refractivity contribution is -0.138. The van der Waals surface area contributed by atoms with Crippen molar-refractivity contribution in [2.75, 3.05) is 0 Å².